The Bertz CT molecular complexity index is 433. The fraction of sp³-hybridized carbons (Fsp3) is 0.538. The summed E-state index contributed by atoms with van der Waals surface area (Å²) < 4.78 is 0.213. The molecule has 5 heteroatoms. The highest BCUT2D eigenvalue weighted by molar-refractivity contribution is 8.00. The van der Waals surface area contributed by atoms with Gasteiger partial charge in [0.05, 0.1) is 10.6 Å². The van der Waals surface area contributed by atoms with Crippen LogP contribution in [0.2, 0.25) is 5.02 Å². The van der Waals surface area contributed by atoms with Crippen molar-refractivity contribution in [2.75, 3.05) is 12.8 Å². The van der Waals surface area contributed by atoms with E-state index in [1.54, 1.807) is 12.3 Å². The Morgan fingerprint density at radius 3 is 2.89 bits per heavy atom. The number of carbonyl (C=O) groups is 1. The van der Waals surface area contributed by atoms with Gasteiger partial charge in [0.1, 0.15) is 0 Å². The summed E-state index contributed by atoms with van der Waals surface area (Å²) in [4.78, 5) is 16.0. The summed E-state index contributed by atoms with van der Waals surface area (Å²) in [6, 6.07) is 1.64. The lowest BCUT2D eigenvalue weighted by Gasteiger charge is -2.26. The number of thioether (sulfide) groups is 1. The highest BCUT2D eigenvalue weighted by Gasteiger charge is 2.33. The van der Waals surface area contributed by atoms with Crippen molar-refractivity contribution in [2.45, 2.75) is 30.4 Å². The molecule has 1 saturated carbocycles. The predicted octanol–water partition coefficient (Wildman–Crippen LogP) is 3.14. The summed E-state index contributed by atoms with van der Waals surface area (Å²) in [7, 11) is 0. The second-order valence-corrected chi connectivity index (χ2v) is 6.31. The molecule has 0 atom stereocenters. The van der Waals surface area contributed by atoms with Crippen molar-refractivity contribution in [1.82, 2.24) is 10.3 Å². The van der Waals surface area contributed by atoms with E-state index in [-0.39, 0.29) is 10.7 Å². The largest absolute Gasteiger partial charge is 0.351 e. The van der Waals surface area contributed by atoms with Gasteiger partial charge in [-0.05, 0) is 25.2 Å². The maximum atomic E-state index is 12.0. The summed E-state index contributed by atoms with van der Waals surface area (Å²) in [5, 5.41) is 3.44. The monoisotopic (exact) mass is 284 g/mol. The van der Waals surface area contributed by atoms with E-state index >= 15 is 0 Å². The average Bonchev–Trinajstić information content (AvgIpc) is 2.86. The molecule has 2 rings (SSSR count). The lowest BCUT2D eigenvalue weighted by Crippen LogP contribution is -2.38. The van der Waals surface area contributed by atoms with Crippen LogP contribution in [0.5, 0.6) is 0 Å². The fourth-order valence-electron chi connectivity index (χ4n) is 2.35. The maximum absolute atomic E-state index is 12.0. The Morgan fingerprint density at radius 2 is 2.28 bits per heavy atom. The molecule has 1 fully saturated rings. The van der Waals surface area contributed by atoms with E-state index in [9.17, 15) is 4.79 Å². The summed E-state index contributed by atoms with van der Waals surface area (Å²) >= 11 is 7.83. The molecule has 1 aliphatic carbocycles. The molecule has 1 N–H and O–H groups in total. The van der Waals surface area contributed by atoms with Crippen LogP contribution in [0.25, 0.3) is 0 Å². The van der Waals surface area contributed by atoms with Gasteiger partial charge in [0, 0.05) is 23.7 Å². The molecule has 1 aromatic rings. The minimum absolute atomic E-state index is 0.131. The highest BCUT2D eigenvalue weighted by atomic mass is 35.5. The molecule has 0 spiro atoms. The molecule has 1 amide bonds. The van der Waals surface area contributed by atoms with Gasteiger partial charge in [-0.15, -0.1) is 0 Å². The normalized spacial score (nSPS) is 17.7. The molecular formula is C13H17ClN2OS. The van der Waals surface area contributed by atoms with Crippen molar-refractivity contribution in [1.29, 1.82) is 0 Å². The molecule has 1 aromatic heterocycles. The second-order valence-electron chi connectivity index (χ2n) is 4.63. The minimum atomic E-state index is -0.131. The van der Waals surface area contributed by atoms with Crippen LogP contribution < -0.4 is 5.32 Å². The van der Waals surface area contributed by atoms with Crippen LogP contribution in [0.3, 0.4) is 0 Å². The zero-order valence-electron chi connectivity index (χ0n) is 10.4. The smallest absolute Gasteiger partial charge is 0.254 e. The van der Waals surface area contributed by atoms with E-state index in [2.05, 4.69) is 16.6 Å². The number of hydrogen-bond donors (Lipinski definition) is 1. The number of nitrogens with one attached hydrogen (secondary N) is 1. The van der Waals surface area contributed by atoms with E-state index in [0.717, 1.165) is 0 Å². The van der Waals surface area contributed by atoms with Crippen molar-refractivity contribution in [2.24, 2.45) is 0 Å². The quantitative estimate of drug-likeness (QED) is 0.923. The molecule has 0 aliphatic heterocycles. The first kappa shape index (κ1) is 13.7. The summed E-state index contributed by atoms with van der Waals surface area (Å²) in [6.07, 6.45) is 10.1. The Labute approximate surface area is 117 Å². The number of carbonyl (C=O) groups excluding carboxylic acids is 1. The average molecular weight is 285 g/mol. The first-order chi connectivity index (χ1) is 8.67. The van der Waals surface area contributed by atoms with Gasteiger partial charge < -0.3 is 5.32 Å². The standard InChI is InChI=1S/C13H17ClN2OS/c1-18-13(5-2-3-6-13)9-16-12(17)10-8-15-7-4-11(10)14/h4,7-8H,2-3,5-6,9H2,1H3,(H,16,17). The van der Waals surface area contributed by atoms with Crippen LogP contribution in [-0.4, -0.2) is 28.4 Å². The predicted molar refractivity (Wildman–Crippen MR) is 76.3 cm³/mol. The van der Waals surface area contributed by atoms with Gasteiger partial charge in [-0.3, -0.25) is 9.78 Å². The van der Waals surface area contributed by atoms with Crippen LogP contribution in [0, 0.1) is 0 Å². The summed E-state index contributed by atoms with van der Waals surface area (Å²) in [5.41, 5.74) is 0.452. The molecule has 0 bridgehead atoms. The van der Waals surface area contributed by atoms with E-state index in [1.165, 1.54) is 31.9 Å². The Kier molecular flexibility index (Phi) is 4.51. The lowest BCUT2D eigenvalue weighted by molar-refractivity contribution is 0.0949. The summed E-state index contributed by atoms with van der Waals surface area (Å²) in [6.45, 7) is 0.707. The number of pyridine rings is 1. The first-order valence-corrected chi connectivity index (χ1v) is 7.70. The van der Waals surface area contributed by atoms with Crippen LogP contribution in [-0.2, 0) is 0 Å². The Morgan fingerprint density at radius 1 is 1.56 bits per heavy atom. The van der Waals surface area contributed by atoms with E-state index in [1.807, 2.05) is 11.8 Å². The molecule has 0 unspecified atom stereocenters. The van der Waals surface area contributed by atoms with Gasteiger partial charge in [-0.1, -0.05) is 24.4 Å². The van der Waals surface area contributed by atoms with Gasteiger partial charge in [-0.2, -0.15) is 11.8 Å². The Balaban J connectivity index is 1.98. The summed E-state index contributed by atoms with van der Waals surface area (Å²) in [5.74, 6) is -0.131. The van der Waals surface area contributed by atoms with E-state index in [0.29, 0.717) is 17.1 Å². The van der Waals surface area contributed by atoms with Crippen molar-refractivity contribution in [3.8, 4) is 0 Å². The molecule has 1 aliphatic rings. The number of rotatable bonds is 4. The van der Waals surface area contributed by atoms with Crippen molar-refractivity contribution >= 4 is 29.3 Å². The van der Waals surface area contributed by atoms with Crippen LogP contribution in [0.1, 0.15) is 36.0 Å². The van der Waals surface area contributed by atoms with Crippen LogP contribution in [0.15, 0.2) is 18.5 Å². The van der Waals surface area contributed by atoms with Gasteiger partial charge in [0.2, 0.25) is 0 Å². The van der Waals surface area contributed by atoms with Crippen molar-refractivity contribution in [3.05, 3.63) is 29.0 Å². The van der Waals surface area contributed by atoms with Crippen molar-refractivity contribution < 1.29 is 4.79 Å². The number of halogens is 1. The van der Waals surface area contributed by atoms with Crippen LogP contribution >= 0.6 is 23.4 Å². The number of amides is 1. The third kappa shape index (κ3) is 2.98. The molecule has 3 nitrogen and oxygen atoms in total. The molecule has 98 valence electrons. The molecular weight excluding hydrogens is 268 g/mol. The number of nitrogens with zero attached hydrogens (tertiary/aromatic N) is 1. The van der Waals surface area contributed by atoms with Crippen molar-refractivity contribution in [3.63, 3.8) is 0 Å². The van der Waals surface area contributed by atoms with Gasteiger partial charge >= 0.3 is 0 Å². The molecule has 18 heavy (non-hydrogen) atoms. The topological polar surface area (TPSA) is 42.0 Å². The maximum Gasteiger partial charge on any atom is 0.254 e. The highest BCUT2D eigenvalue weighted by Crippen LogP contribution is 2.39. The molecule has 0 radical (unpaired) electrons. The van der Waals surface area contributed by atoms with E-state index in [4.69, 9.17) is 11.6 Å². The van der Waals surface area contributed by atoms with Gasteiger partial charge in [-0.25, -0.2) is 0 Å². The zero-order valence-corrected chi connectivity index (χ0v) is 12.0. The second kappa shape index (κ2) is 5.93. The van der Waals surface area contributed by atoms with E-state index < -0.39 is 0 Å². The number of aromatic nitrogens is 1. The molecule has 0 saturated heterocycles. The Hall–Kier alpha value is -0.740. The molecule has 1 heterocycles. The lowest BCUT2D eigenvalue weighted by atomic mass is 10.1. The zero-order chi connectivity index (χ0) is 13.0. The molecule has 0 aromatic carbocycles. The third-order valence-corrected chi connectivity index (χ3v) is 5.28. The minimum Gasteiger partial charge on any atom is -0.351 e. The fourth-order valence-corrected chi connectivity index (χ4v) is 3.46. The number of hydrogen-bond acceptors (Lipinski definition) is 3. The van der Waals surface area contributed by atoms with Crippen LogP contribution in [0.4, 0.5) is 0 Å². The van der Waals surface area contributed by atoms with Gasteiger partial charge in [0.15, 0.2) is 0 Å². The first-order valence-electron chi connectivity index (χ1n) is 6.10. The third-order valence-electron chi connectivity index (χ3n) is 3.53. The SMILES string of the molecule is CSC1(CNC(=O)c2cnccc2Cl)CCCC1. The van der Waals surface area contributed by atoms with Gasteiger partial charge in [0.25, 0.3) is 5.91 Å².